The molecule has 2 amide bonds. The Kier molecular flexibility index (Phi) is 3.97. The van der Waals surface area contributed by atoms with E-state index in [1.54, 1.807) is 0 Å². The molecule has 3 nitrogen and oxygen atoms in total. The van der Waals surface area contributed by atoms with Gasteiger partial charge in [0.25, 0.3) is 0 Å². The number of carbonyl (C=O) groups is 1. The largest absolute Gasteiger partial charge is 0.324 e. The molecule has 1 aliphatic rings. The Labute approximate surface area is 109 Å². The molecule has 104 valence electrons. The number of hydrogen-bond donors (Lipinski definition) is 1. The second kappa shape index (κ2) is 5.50. The van der Waals surface area contributed by atoms with Crippen molar-refractivity contribution in [2.24, 2.45) is 5.92 Å². The van der Waals surface area contributed by atoms with Gasteiger partial charge in [-0.1, -0.05) is 6.92 Å². The Bertz CT molecular complexity index is 470. The highest BCUT2D eigenvalue weighted by atomic mass is 19.1. The molecule has 0 aromatic heterocycles. The number of halogens is 3. The van der Waals surface area contributed by atoms with Crippen LogP contribution in [0.2, 0.25) is 0 Å². The molecular formula is C13H15F3N2O. The van der Waals surface area contributed by atoms with Crippen molar-refractivity contribution in [3.8, 4) is 0 Å². The van der Waals surface area contributed by atoms with E-state index in [9.17, 15) is 18.0 Å². The number of urea groups is 1. The van der Waals surface area contributed by atoms with Crippen LogP contribution in [0.3, 0.4) is 0 Å². The number of amides is 2. The lowest BCUT2D eigenvalue weighted by molar-refractivity contribution is 0.182. The van der Waals surface area contributed by atoms with E-state index in [2.05, 4.69) is 5.32 Å². The van der Waals surface area contributed by atoms with Gasteiger partial charge in [0.15, 0.2) is 11.6 Å². The van der Waals surface area contributed by atoms with E-state index in [1.807, 2.05) is 6.92 Å². The van der Waals surface area contributed by atoms with Crippen LogP contribution in [0.5, 0.6) is 0 Å². The van der Waals surface area contributed by atoms with Crippen LogP contribution >= 0.6 is 0 Å². The Morgan fingerprint density at radius 3 is 2.53 bits per heavy atom. The minimum atomic E-state index is -1.11. The van der Waals surface area contributed by atoms with Gasteiger partial charge in [0, 0.05) is 25.2 Å². The lowest BCUT2D eigenvalue weighted by Gasteiger charge is -2.31. The summed E-state index contributed by atoms with van der Waals surface area (Å²) in [5.41, 5.74) is -0.607. The summed E-state index contributed by atoms with van der Waals surface area (Å²) in [4.78, 5) is 13.4. The molecule has 0 bridgehead atoms. The van der Waals surface area contributed by atoms with Crippen molar-refractivity contribution in [3.63, 3.8) is 0 Å². The fourth-order valence-electron chi connectivity index (χ4n) is 2.22. The smallest absolute Gasteiger partial charge is 0.322 e. The first-order valence-corrected chi connectivity index (χ1v) is 6.18. The number of hydrogen-bond acceptors (Lipinski definition) is 1. The third-order valence-electron chi connectivity index (χ3n) is 3.18. The highest BCUT2D eigenvalue weighted by Crippen LogP contribution is 2.22. The van der Waals surface area contributed by atoms with Gasteiger partial charge in [-0.3, -0.25) is 0 Å². The van der Waals surface area contributed by atoms with E-state index in [4.69, 9.17) is 0 Å². The minimum absolute atomic E-state index is 0.363. The van der Waals surface area contributed by atoms with Crippen molar-refractivity contribution in [2.45, 2.75) is 19.8 Å². The summed E-state index contributed by atoms with van der Waals surface area (Å²) in [5, 5.41) is 2.17. The number of piperidine rings is 1. The lowest BCUT2D eigenvalue weighted by atomic mass is 10.0. The molecule has 0 spiro atoms. The van der Waals surface area contributed by atoms with E-state index in [1.165, 1.54) is 4.90 Å². The van der Waals surface area contributed by atoms with Crippen molar-refractivity contribution in [2.75, 3.05) is 18.4 Å². The third kappa shape index (κ3) is 3.19. The molecule has 1 aromatic carbocycles. The average molecular weight is 272 g/mol. The fourth-order valence-corrected chi connectivity index (χ4v) is 2.22. The molecule has 19 heavy (non-hydrogen) atoms. The Hall–Kier alpha value is -1.72. The number of anilines is 1. The summed E-state index contributed by atoms with van der Waals surface area (Å²) >= 11 is 0. The van der Waals surface area contributed by atoms with Crippen molar-refractivity contribution in [3.05, 3.63) is 29.6 Å². The topological polar surface area (TPSA) is 32.3 Å². The molecule has 1 fully saturated rings. The number of carbonyl (C=O) groups excluding carboxylic acids is 1. The molecular weight excluding hydrogens is 257 g/mol. The van der Waals surface area contributed by atoms with Crippen LogP contribution in [0, 0.1) is 23.4 Å². The Morgan fingerprint density at radius 2 is 1.95 bits per heavy atom. The molecule has 1 atom stereocenters. The first kappa shape index (κ1) is 13.7. The van der Waals surface area contributed by atoms with E-state index in [0.29, 0.717) is 31.1 Å². The first-order chi connectivity index (χ1) is 8.97. The maximum atomic E-state index is 13.4. The van der Waals surface area contributed by atoms with Gasteiger partial charge in [-0.2, -0.15) is 0 Å². The highest BCUT2D eigenvalue weighted by Gasteiger charge is 2.23. The molecule has 6 heteroatoms. The fraction of sp³-hybridized carbons (Fsp3) is 0.462. The van der Waals surface area contributed by atoms with Gasteiger partial charge < -0.3 is 10.2 Å². The molecule has 1 unspecified atom stereocenters. The number of benzene rings is 1. The van der Waals surface area contributed by atoms with Crippen molar-refractivity contribution in [1.82, 2.24) is 4.90 Å². The normalized spacial score (nSPS) is 19.4. The van der Waals surface area contributed by atoms with Crippen LogP contribution in [0.1, 0.15) is 19.8 Å². The number of nitrogens with zero attached hydrogens (tertiary/aromatic N) is 1. The molecule has 1 heterocycles. The molecule has 2 rings (SSSR count). The van der Waals surface area contributed by atoms with Gasteiger partial charge in [0.2, 0.25) is 0 Å². The average Bonchev–Trinajstić information content (AvgIpc) is 2.33. The van der Waals surface area contributed by atoms with Crippen molar-refractivity contribution < 1.29 is 18.0 Å². The zero-order valence-corrected chi connectivity index (χ0v) is 10.5. The summed E-state index contributed by atoms with van der Waals surface area (Å²) in [6.45, 7) is 3.12. The van der Waals surface area contributed by atoms with E-state index >= 15 is 0 Å². The van der Waals surface area contributed by atoms with E-state index < -0.39 is 29.2 Å². The summed E-state index contributed by atoms with van der Waals surface area (Å²) in [6.07, 6.45) is 1.89. The minimum Gasteiger partial charge on any atom is -0.324 e. The Morgan fingerprint density at radius 1 is 1.32 bits per heavy atom. The Balaban J connectivity index is 2.10. The molecule has 1 aliphatic heterocycles. The summed E-state index contributed by atoms with van der Waals surface area (Å²) in [7, 11) is 0. The van der Waals surface area contributed by atoms with Crippen LogP contribution in [0.15, 0.2) is 12.1 Å². The summed E-state index contributed by atoms with van der Waals surface area (Å²) < 4.78 is 39.6. The predicted octanol–water partition coefficient (Wildman–Crippen LogP) is 3.37. The maximum absolute atomic E-state index is 13.4. The van der Waals surface area contributed by atoms with Gasteiger partial charge in [-0.05, 0) is 18.8 Å². The summed E-state index contributed by atoms with van der Waals surface area (Å²) in [6, 6.07) is 0.519. The van der Waals surface area contributed by atoms with Gasteiger partial charge in [-0.15, -0.1) is 0 Å². The van der Waals surface area contributed by atoms with Crippen molar-refractivity contribution >= 4 is 11.7 Å². The highest BCUT2D eigenvalue weighted by molar-refractivity contribution is 5.89. The summed E-state index contributed by atoms with van der Waals surface area (Å²) in [5.74, 6) is -2.88. The van der Waals surface area contributed by atoms with E-state index in [0.717, 1.165) is 12.8 Å². The number of nitrogens with one attached hydrogen (secondary N) is 1. The number of likely N-dealkylation sites (tertiary alicyclic amines) is 1. The zero-order valence-electron chi connectivity index (χ0n) is 10.5. The first-order valence-electron chi connectivity index (χ1n) is 6.18. The second-order valence-corrected chi connectivity index (χ2v) is 4.87. The molecule has 1 saturated heterocycles. The van der Waals surface area contributed by atoms with Crippen LogP contribution in [0.4, 0.5) is 23.7 Å². The third-order valence-corrected chi connectivity index (χ3v) is 3.18. The molecule has 1 aromatic rings. The van der Waals surface area contributed by atoms with Gasteiger partial charge >= 0.3 is 6.03 Å². The standard InChI is InChI=1S/C13H15F3N2O/c1-8-3-2-4-18(7-8)13(19)17-12-10(15)5-9(14)6-11(12)16/h5-6,8H,2-4,7H2,1H3,(H,17,19). The molecule has 0 aliphatic carbocycles. The predicted molar refractivity (Wildman–Crippen MR) is 65.3 cm³/mol. The van der Waals surface area contributed by atoms with Crippen LogP contribution in [0.25, 0.3) is 0 Å². The maximum Gasteiger partial charge on any atom is 0.322 e. The van der Waals surface area contributed by atoms with Gasteiger partial charge in [-0.25, -0.2) is 18.0 Å². The number of rotatable bonds is 1. The lowest BCUT2D eigenvalue weighted by Crippen LogP contribution is -2.41. The zero-order chi connectivity index (χ0) is 14.0. The molecule has 0 saturated carbocycles. The SMILES string of the molecule is CC1CCCN(C(=O)Nc2c(F)cc(F)cc2F)C1. The molecule has 1 N–H and O–H groups in total. The van der Waals surface area contributed by atoms with Crippen LogP contribution < -0.4 is 5.32 Å². The van der Waals surface area contributed by atoms with E-state index in [-0.39, 0.29) is 0 Å². The quantitative estimate of drug-likeness (QED) is 0.835. The molecule has 0 radical (unpaired) electrons. The van der Waals surface area contributed by atoms with Crippen molar-refractivity contribution in [1.29, 1.82) is 0 Å². The van der Waals surface area contributed by atoms with Gasteiger partial charge in [0.1, 0.15) is 11.5 Å². The van der Waals surface area contributed by atoms with Crippen LogP contribution in [-0.4, -0.2) is 24.0 Å². The second-order valence-electron chi connectivity index (χ2n) is 4.87. The van der Waals surface area contributed by atoms with Gasteiger partial charge in [0.05, 0.1) is 0 Å². The van der Waals surface area contributed by atoms with Crippen LogP contribution in [-0.2, 0) is 0 Å². The monoisotopic (exact) mass is 272 g/mol.